The smallest absolute Gasteiger partial charge is 0.238 e. The molecule has 1 aliphatic heterocycles. The molecule has 1 unspecified atom stereocenters. The normalized spacial score (nSPS) is 21.4. The lowest BCUT2D eigenvalue weighted by molar-refractivity contribution is 0.348. The predicted molar refractivity (Wildman–Crippen MR) is 81.3 cm³/mol. The van der Waals surface area contributed by atoms with Crippen LogP contribution in [0.2, 0.25) is 0 Å². The van der Waals surface area contributed by atoms with Crippen LogP contribution in [-0.4, -0.2) is 39.5 Å². The molecule has 0 amide bonds. The van der Waals surface area contributed by atoms with Crippen LogP contribution in [0.25, 0.3) is 0 Å². The monoisotopic (exact) mass is 297 g/mol. The van der Waals surface area contributed by atoms with E-state index < -0.39 is 10.0 Å². The molecule has 0 bridgehead atoms. The topological polar surface area (TPSA) is 75.4 Å². The SMILES string of the molecule is Cc1ccc(S(N)(=O)=O)cc1NC1CCCN(C)CC1. The maximum atomic E-state index is 11.4. The molecule has 5 nitrogen and oxygen atoms in total. The van der Waals surface area contributed by atoms with Crippen LogP contribution in [-0.2, 0) is 10.0 Å². The van der Waals surface area contributed by atoms with Gasteiger partial charge in [0.15, 0.2) is 0 Å². The number of primary sulfonamides is 1. The Hall–Kier alpha value is -1.11. The summed E-state index contributed by atoms with van der Waals surface area (Å²) in [6.45, 7) is 4.15. The van der Waals surface area contributed by atoms with Gasteiger partial charge in [0.2, 0.25) is 10.0 Å². The summed E-state index contributed by atoms with van der Waals surface area (Å²) < 4.78 is 22.9. The summed E-state index contributed by atoms with van der Waals surface area (Å²) in [6, 6.07) is 5.37. The highest BCUT2D eigenvalue weighted by Crippen LogP contribution is 2.22. The number of likely N-dealkylation sites (tertiary alicyclic amines) is 1. The lowest BCUT2D eigenvalue weighted by Crippen LogP contribution is -2.23. The summed E-state index contributed by atoms with van der Waals surface area (Å²) in [6.07, 6.45) is 3.32. The molecule has 0 spiro atoms. The third-order valence-corrected chi connectivity index (χ3v) is 4.76. The minimum atomic E-state index is -3.65. The van der Waals surface area contributed by atoms with Crippen LogP contribution in [0.3, 0.4) is 0 Å². The first-order valence-electron chi connectivity index (χ1n) is 6.95. The fraction of sp³-hybridized carbons (Fsp3) is 0.571. The number of hydrogen-bond donors (Lipinski definition) is 2. The van der Waals surface area contributed by atoms with Crippen molar-refractivity contribution in [3.8, 4) is 0 Å². The van der Waals surface area contributed by atoms with Crippen molar-refractivity contribution >= 4 is 15.7 Å². The molecule has 6 heteroatoms. The molecule has 1 aromatic carbocycles. The van der Waals surface area contributed by atoms with Crippen molar-refractivity contribution in [3.05, 3.63) is 23.8 Å². The Morgan fingerprint density at radius 2 is 2.05 bits per heavy atom. The van der Waals surface area contributed by atoms with Gasteiger partial charge in [0.1, 0.15) is 0 Å². The van der Waals surface area contributed by atoms with Gasteiger partial charge in [0.25, 0.3) is 0 Å². The van der Waals surface area contributed by atoms with Gasteiger partial charge in [-0.3, -0.25) is 0 Å². The summed E-state index contributed by atoms with van der Waals surface area (Å²) >= 11 is 0. The van der Waals surface area contributed by atoms with Crippen molar-refractivity contribution in [1.29, 1.82) is 0 Å². The van der Waals surface area contributed by atoms with Crippen LogP contribution in [0.5, 0.6) is 0 Å². The van der Waals surface area contributed by atoms with Gasteiger partial charge in [-0.05, 0) is 64.0 Å². The number of sulfonamides is 1. The molecule has 0 aliphatic carbocycles. The highest BCUT2D eigenvalue weighted by molar-refractivity contribution is 7.89. The van der Waals surface area contributed by atoms with E-state index in [1.807, 2.05) is 6.92 Å². The van der Waals surface area contributed by atoms with Crippen LogP contribution in [0, 0.1) is 6.92 Å². The van der Waals surface area contributed by atoms with Gasteiger partial charge in [0, 0.05) is 11.7 Å². The lowest BCUT2D eigenvalue weighted by atomic mass is 10.1. The second-order valence-electron chi connectivity index (χ2n) is 5.60. The minimum Gasteiger partial charge on any atom is -0.382 e. The zero-order valence-electron chi connectivity index (χ0n) is 12.1. The fourth-order valence-corrected chi connectivity index (χ4v) is 3.08. The zero-order valence-corrected chi connectivity index (χ0v) is 12.9. The third kappa shape index (κ3) is 3.94. The van der Waals surface area contributed by atoms with Crippen LogP contribution in [0.15, 0.2) is 23.1 Å². The number of anilines is 1. The van der Waals surface area contributed by atoms with Crippen LogP contribution in [0.1, 0.15) is 24.8 Å². The molecule has 1 saturated heterocycles. The van der Waals surface area contributed by atoms with Crippen molar-refractivity contribution in [2.75, 3.05) is 25.5 Å². The first kappa shape index (κ1) is 15.3. The van der Waals surface area contributed by atoms with Gasteiger partial charge in [-0.1, -0.05) is 6.07 Å². The number of aryl methyl sites for hydroxylation is 1. The van der Waals surface area contributed by atoms with E-state index in [4.69, 9.17) is 5.14 Å². The summed E-state index contributed by atoms with van der Waals surface area (Å²) in [5.41, 5.74) is 1.90. The molecule has 0 radical (unpaired) electrons. The van der Waals surface area contributed by atoms with Crippen molar-refractivity contribution in [3.63, 3.8) is 0 Å². The Balaban J connectivity index is 2.16. The fourth-order valence-electron chi connectivity index (χ4n) is 2.54. The Morgan fingerprint density at radius 1 is 1.30 bits per heavy atom. The Bertz CT molecular complexity index is 572. The lowest BCUT2D eigenvalue weighted by Gasteiger charge is -2.20. The summed E-state index contributed by atoms with van der Waals surface area (Å²) in [7, 11) is -1.51. The van der Waals surface area contributed by atoms with E-state index in [2.05, 4.69) is 17.3 Å². The molecule has 1 fully saturated rings. The average molecular weight is 297 g/mol. The number of benzene rings is 1. The molecule has 3 N–H and O–H groups in total. The molecule has 112 valence electrons. The Kier molecular flexibility index (Phi) is 4.67. The van der Waals surface area contributed by atoms with Crippen LogP contribution in [0.4, 0.5) is 5.69 Å². The molecule has 0 aromatic heterocycles. The van der Waals surface area contributed by atoms with Crippen molar-refractivity contribution in [1.82, 2.24) is 4.90 Å². The minimum absolute atomic E-state index is 0.163. The van der Waals surface area contributed by atoms with E-state index in [1.165, 1.54) is 0 Å². The molecule has 1 aromatic rings. The molecule has 1 heterocycles. The molecule has 2 rings (SSSR count). The van der Waals surface area contributed by atoms with Gasteiger partial charge >= 0.3 is 0 Å². The van der Waals surface area contributed by atoms with E-state index in [0.29, 0.717) is 6.04 Å². The van der Waals surface area contributed by atoms with Crippen molar-refractivity contribution < 1.29 is 8.42 Å². The third-order valence-electron chi connectivity index (χ3n) is 3.85. The molecular formula is C14H23N3O2S. The number of nitrogens with one attached hydrogen (secondary N) is 1. The van der Waals surface area contributed by atoms with Crippen molar-refractivity contribution in [2.24, 2.45) is 5.14 Å². The second-order valence-corrected chi connectivity index (χ2v) is 7.16. The van der Waals surface area contributed by atoms with Gasteiger partial charge in [0.05, 0.1) is 4.90 Å². The highest BCUT2D eigenvalue weighted by Gasteiger charge is 2.16. The quantitative estimate of drug-likeness (QED) is 0.887. The van der Waals surface area contributed by atoms with E-state index in [-0.39, 0.29) is 4.90 Å². The van der Waals surface area contributed by atoms with Gasteiger partial charge in [-0.25, -0.2) is 13.6 Å². The van der Waals surface area contributed by atoms with Crippen molar-refractivity contribution in [2.45, 2.75) is 37.1 Å². The van der Waals surface area contributed by atoms with E-state index in [9.17, 15) is 8.42 Å². The maximum Gasteiger partial charge on any atom is 0.238 e. The molecule has 0 saturated carbocycles. The molecule has 1 aliphatic rings. The molecule has 20 heavy (non-hydrogen) atoms. The molecule has 1 atom stereocenters. The number of nitrogens with two attached hydrogens (primary N) is 1. The molecular weight excluding hydrogens is 274 g/mol. The van der Waals surface area contributed by atoms with E-state index in [0.717, 1.165) is 43.6 Å². The first-order chi connectivity index (χ1) is 9.36. The summed E-state index contributed by atoms with van der Waals surface area (Å²) in [5, 5.41) is 8.67. The van der Waals surface area contributed by atoms with E-state index >= 15 is 0 Å². The Labute approximate surface area is 121 Å². The Morgan fingerprint density at radius 3 is 2.75 bits per heavy atom. The average Bonchev–Trinajstić information content (AvgIpc) is 2.56. The predicted octanol–water partition coefficient (Wildman–Crippen LogP) is 1.54. The second kappa shape index (κ2) is 6.11. The summed E-state index contributed by atoms with van der Waals surface area (Å²) in [5.74, 6) is 0. The van der Waals surface area contributed by atoms with Crippen LogP contribution >= 0.6 is 0 Å². The maximum absolute atomic E-state index is 11.4. The van der Waals surface area contributed by atoms with Gasteiger partial charge in [-0.15, -0.1) is 0 Å². The zero-order chi connectivity index (χ0) is 14.8. The van der Waals surface area contributed by atoms with Gasteiger partial charge in [-0.2, -0.15) is 0 Å². The largest absolute Gasteiger partial charge is 0.382 e. The summed E-state index contributed by atoms with van der Waals surface area (Å²) in [4.78, 5) is 2.49. The van der Waals surface area contributed by atoms with Crippen LogP contribution < -0.4 is 10.5 Å². The van der Waals surface area contributed by atoms with E-state index in [1.54, 1.807) is 18.2 Å². The standard InChI is InChI=1S/C14H23N3O2S/c1-11-5-6-13(20(15,18)19)10-14(11)16-12-4-3-8-17(2)9-7-12/h5-6,10,12,16H,3-4,7-9H2,1-2H3,(H2,15,18,19). The van der Waals surface area contributed by atoms with Gasteiger partial charge < -0.3 is 10.2 Å². The number of rotatable bonds is 3. The number of hydrogen-bond acceptors (Lipinski definition) is 4. The first-order valence-corrected chi connectivity index (χ1v) is 8.49. The highest BCUT2D eigenvalue weighted by atomic mass is 32.2. The number of nitrogens with zero attached hydrogens (tertiary/aromatic N) is 1.